The summed E-state index contributed by atoms with van der Waals surface area (Å²) >= 11 is 8.89. The summed E-state index contributed by atoms with van der Waals surface area (Å²) in [7, 11) is 0. The molecule has 0 saturated carbocycles. The van der Waals surface area contributed by atoms with E-state index in [1.165, 1.54) is 4.90 Å². The zero-order valence-corrected chi connectivity index (χ0v) is 16.8. The minimum Gasteiger partial charge on any atom is -0.338 e. The zero-order chi connectivity index (χ0) is 18.4. The maximum atomic E-state index is 12.2. The van der Waals surface area contributed by atoms with Crippen LogP contribution in [0.25, 0.3) is 0 Å². The minimum absolute atomic E-state index is 0.0424. The van der Waals surface area contributed by atoms with Crippen molar-refractivity contribution in [1.82, 2.24) is 4.90 Å². The molecule has 0 unspecified atom stereocenters. The van der Waals surface area contributed by atoms with Crippen LogP contribution in [0.3, 0.4) is 0 Å². The molecule has 5 nitrogen and oxygen atoms in total. The van der Waals surface area contributed by atoms with Crippen LogP contribution >= 0.6 is 28.1 Å². The van der Waals surface area contributed by atoms with E-state index in [4.69, 9.17) is 12.2 Å². The third-order valence-corrected chi connectivity index (χ3v) is 5.21. The van der Waals surface area contributed by atoms with Gasteiger partial charge in [0.1, 0.15) is 0 Å². The first-order chi connectivity index (χ1) is 12.6. The molecule has 1 amide bonds. The van der Waals surface area contributed by atoms with E-state index in [-0.39, 0.29) is 5.91 Å². The van der Waals surface area contributed by atoms with Crippen LogP contribution in [0.4, 0.5) is 11.4 Å². The van der Waals surface area contributed by atoms with Crippen LogP contribution in [0.2, 0.25) is 0 Å². The summed E-state index contributed by atoms with van der Waals surface area (Å²) in [5, 5.41) is 6.97. The fourth-order valence-corrected chi connectivity index (χ4v) is 3.46. The normalized spacial score (nSPS) is 14.7. The van der Waals surface area contributed by atoms with Crippen LogP contribution < -0.4 is 15.5 Å². The lowest BCUT2D eigenvalue weighted by molar-refractivity contribution is -0.895. The van der Waals surface area contributed by atoms with E-state index in [1.807, 2.05) is 54.6 Å². The average molecular weight is 434 g/mol. The number of hydrogen-bond acceptors (Lipinski definition) is 2. The lowest BCUT2D eigenvalue weighted by atomic mass is 10.3. The van der Waals surface area contributed by atoms with Crippen molar-refractivity contribution in [2.24, 2.45) is 0 Å². The van der Waals surface area contributed by atoms with E-state index in [1.54, 1.807) is 0 Å². The summed E-state index contributed by atoms with van der Waals surface area (Å²) in [6.07, 6.45) is 0. The molecule has 26 heavy (non-hydrogen) atoms. The minimum atomic E-state index is 0.0424. The first-order valence-corrected chi connectivity index (χ1v) is 9.80. The van der Waals surface area contributed by atoms with Crippen molar-refractivity contribution in [2.45, 2.75) is 0 Å². The molecule has 0 radical (unpaired) electrons. The number of nitrogens with zero attached hydrogens (tertiary/aromatic N) is 1. The molecule has 1 fully saturated rings. The van der Waals surface area contributed by atoms with Gasteiger partial charge in [0, 0.05) is 15.8 Å². The smallest absolute Gasteiger partial charge is 0.279 e. The van der Waals surface area contributed by atoms with Crippen LogP contribution in [0.15, 0.2) is 59.1 Å². The number of thiocarbonyl (C=S) groups is 1. The Labute approximate surface area is 167 Å². The summed E-state index contributed by atoms with van der Waals surface area (Å²) in [5.74, 6) is 0.0424. The van der Waals surface area contributed by atoms with Crippen molar-refractivity contribution in [3.8, 4) is 0 Å². The molecule has 2 aromatic rings. The third-order valence-electron chi connectivity index (χ3n) is 4.32. The number of halogens is 1. The monoisotopic (exact) mass is 433 g/mol. The first kappa shape index (κ1) is 18.8. The van der Waals surface area contributed by atoms with E-state index < -0.39 is 0 Å². The second-order valence-corrected chi connectivity index (χ2v) is 7.57. The number of hydrogen-bond donors (Lipinski definition) is 3. The Bertz CT molecular complexity index is 746. The number of amides is 1. The second kappa shape index (κ2) is 9.12. The Morgan fingerprint density at radius 3 is 2.27 bits per heavy atom. The highest BCUT2D eigenvalue weighted by molar-refractivity contribution is 9.10. The number of para-hydroxylation sites is 1. The van der Waals surface area contributed by atoms with Crippen molar-refractivity contribution in [3.63, 3.8) is 0 Å². The molecule has 0 aliphatic carbocycles. The van der Waals surface area contributed by atoms with Gasteiger partial charge in [-0.25, -0.2) is 0 Å². The van der Waals surface area contributed by atoms with Crippen LogP contribution in [-0.4, -0.2) is 48.6 Å². The Kier molecular flexibility index (Phi) is 6.60. The predicted molar refractivity (Wildman–Crippen MR) is 113 cm³/mol. The summed E-state index contributed by atoms with van der Waals surface area (Å²) in [6.45, 7) is 3.96. The van der Waals surface area contributed by atoms with Gasteiger partial charge in [0.15, 0.2) is 11.7 Å². The van der Waals surface area contributed by atoms with Gasteiger partial charge in [-0.3, -0.25) is 4.79 Å². The summed E-state index contributed by atoms with van der Waals surface area (Å²) in [6, 6.07) is 17.6. The number of quaternary nitrogens is 1. The highest BCUT2D eigenvalue weighted by Crippen LogP contribution is 2.13. The number of piperazine rings is 1. The van der Waals surface area contributed by atoms with Gasteiger partial charge >= 0.3 is 0 Å². The highest BCUT2D eigenvalue weighted by atomic mass is 79.9. The van der Waals surface area contributed by atoms with E-state index in [0.29, 0.717) is 6.54 Å². The number of rotatable bonds is 4. The molecule has 7 heteroatoms. The number of benzene rings is 2. The fraction of sp³-hybridized carbons (Fsp3) is 0.263. The van der Waals surface area contributed by atoms with E-state index in [0.717, 1.165) is 47.1 Å². The van der Waals surface area contributed by atoms with Gasteiger partial charge in [-0.2, -0.15) is 0 Å². The topological polar surface area (TPSA) is 48.8 Å². The van der Waals surface area contributed by atoms with Gasteiger partial charge in [-0.1, -0.05) is 34.1 Å². The predicted octanol–water partition coefficient (Wildman–Crippen LogP) is 1.99. The molecular formula is C19H22BrN4OS+. The lowest BCUT2D eigenvalue weighted by Crippen LogP contribution is -3.15. The van der Waals surface area contributed by atoms with Crippen molar-refractivity contribution in [1.29, 1.82) is 0 Å². The molecule has 3 rings (SSSR count). The molecule has 1 saturated heterocycles. The Morgan fingerprint density at radius 1 is 1.00 bits per heavy atom. The molecule has 3 N–H and O–H groups in total. The largest absolute Gasteiger partial charge is 0.338 e. The molecule has 0 spiro atoms. The zero-order valence-electron chi connectivity index (χ0n) is 14.4. The summed E-state index contributed by atoms with van der Waals surface area (Å²) in [5.41, 5.74) is 1.82. The molecule has 0 aromatic heterocycles. The fourth-order valence-electron chi connectivity index (χ4n) is 2.89. The SMILES string of the molecule is O=C(C[NH+]1CCN(C(=S)Nc2ccccc2)CC1)Nc1ccc(Br)cc1. The molecule has 1 aliphatic rings. The number of nitrogens with one attached hydrogen (secondary N) is 3. The molecule has 2 aromatic carbocycles. The maximum Gasteiger partial charge on any atom is 0.279 e. The Hall–Kier alpha value is -1.96. The van der Waals surface area contributed by atoms with Crippen LogP contribution in [0.5, 0.6) is 0 Å². The van der Waals surface area contributed by atoms with Crippen LogP contribution in [0.1, 0.15) is 0 Å². The third kappa shape index (κ3) is 5.52. The Morgan fingerprint density at radius 2 is 1.62 bits per heavy atom. The van der Waals surface area contributed by atoms with E-state index >= 15 is 0 Å². The second-order valence-electron chi connectivity index (χ2n) is 6.27. The molecule has 0 atom stereocenters. The number of anilines is 2. The van der Waals surface area contributed by atoms with Crippen LogP contribution in [0, 0.1) is 0 Å². The van der Waals surface area contributed by atoms with Crippen molar-refractivity contribution in [2.75, 3.05) is 43.4 Å². The van der Waals surface area contributed by atoms with Gasteiger partial charge in [0.05, 0.1) is 26.2 Å². The van der Waals surface area contributed by atoms with Gasteiger partial charge in [0.2, 0.25) is 0 Å². The van der Waals surface area contributed by atoms with Crippen molar-refractivity contribution >= 4 is 50.5 Å². The number of carbonyl (C=O) groups is 1. The van der Waals surface area contributed by atoms with Crippen molar-refractivity contribution in [3.05, 3.63) is 59.1 Å². The molecule has 0 bridgehead atoms. The van der Waals surface area contributed by atoms with E-state index in [9.17, 15) is 4.79 Å². The van der Waals surface area contributed by atoms with Gasteiger partial charge < -0.3 is 20.4 Å². The molecular weight excluding hydrogens is 412 g/mol. The van der Waals surface area contributed by atoms with E-state index in [2.05, 4.69) is 31.5 Å². The lowest BCUT2D eigenvalue weighted by Gasteiger charge is -2.33. The van der Waals surface area contributed by atoms with Crippen molar-refractivity contribution < 1.29 is 9.69 Å². The van der Waals surface area contributed by atoms with Gasteiger partial charge in [0.25, 0.3) is 5.91 Å². The highest BCUT2D eigenvalue weighted by Gasteiger charge is 2.23. The maximum absolute atomic E-state index is 12.2. The quantitative estimate of drug-likeness (QED) is 0.645. The molecule has 1 aliphatic heterocycles. The van der Waals surface area contributed by atoms with Gasteiger partial charge in [-0.05, 0) is 48.6 Å². The first-order valence-electron chi connectivity index (χ1n) is 8.60. The summed E-state index contributed by atoms with van der Waals surface area (Å²) in [4.78, 5) is 15.7. The molecule has 1 heterocycles. The van der Waals surface area contributed by atoms with Gasteiger partial charge in [-0.15, -0.1) is 0 Å². The average Bonchev–Trinajstić information content (AvgIpc) is 2.65. The summed E-state index contributed by atoms with van der Waals surface area (Å²) < 4.78 is 0.998. The number of carbonyl (C=O) groups excluding carboxylic acids is 1. The Balaban J connectivity index is 1.42. The molecule has 136 valence electrons. The van der Waals surface area contributed by atoms with Crippen LogP contribution in [-0.2, 0) is 4.79 Å². The standard InChI is InChI=1S/C19H21BrN4OS/c20-15-6-8-17(9-7-15)21-18(25)14-23-10-12-24(13-11-23)19(26)22-16-4-2-1-3-5-16/h1-9H,10-14H2,(H,21,25)(H,22,26)/p+1.